The third-order valence-corrected chi connectivity index (χ3v) is 8.85. The van der Waals surface area contributed by atoms with E-state index in [2.05, 4.69) is 21.2 Å². The van der Waals surface area contributed by atoms with Crippen LogP contribution in [0.15, 0.2) is 82.2 Å². The number of nitrogens with zero attached hydrogens (tertiary/aromatic N) is 2. The lowest BCUT2D eigenvalue weighted by Gasteiger charge is -2.33. The number of nitrogens with one attached hydrogen (secondary N) is 1. The highest BCUT2D eigenvalue weighted by molar-refractivity contribution is 9.10. The van der Waals surface area contributed by atoms with Crippen LogP contribution in [-0.2, 0) is 26.2 Å². The zero-order valence-electron chi connectivity index (χ0n) is 23.1. The van der Waals surface area contributed by atoms with Gasteiger partial charge in [-0.1, -0.05) is 84.2 Å². The lowest BCUT2D eigenvalue weighted by atomic mass is 10.1. The summed E-state index contributed by atoms with van der Waals surface area (Å²) >= 11 is 9.48. The van der Waals surface area contributed by atoms with Crippen LogP contribution < -0.4 is 9.62 Å². The Bertz CT molecular complexity index is 1410. The van der Waals surface area contributed by atoms with Gasteiger partial charge < -0.3 is 10.2 Å². The van der Waals surface area contributed by atoms with Crippen LogP contribution >= 0.6 is 27.5 Å². The Hall–Kier alpha value is -2.88. The molecule has 10 heteroatoms. The molecule has 0 aromatic heterocycles. The number of hydrogen-bond acceptors (Lipinski definition) is 4. The molecular weight excluding hydrogens is 614 g/mol. The van der Waals surface area contributed by atoms with Gasteiger partial charge in [0.25, 0.3) is 10.0 Å². The summed E-state index contributed by atoms with van der Waals surface area (Å²) in [6.07, 6.45) is 0.352. The van der Waals surface area contributed by atoms with Crippen molar-refractivity contribution in [3.8, 4) is 0 Å². The molecule has 0 heterocycles. The lowest BCUT2D eigenvalue weighted by Crippen LogP contribution is -2.52. The van der Waals surface area contributed by atoms with E-state index in [0.717, 1.165) is 15.4 Å². The molecule has 2 amide bonds. The summed E-state index contributed by atoms with van der Waals surface area (Å²) in [6.45, 7) is 7.76. The fraction of sp³-hybridized carbons (Fsp3) is 0.333. The molecule has 0 spiro atoms. The first-order valence-electron chi connectivity index (χ1n) is 13.1. The molecule has 0 radical (unpaired) electrons. The standard InChI is InChI=1S/C30H35BrClN3O4S/c1-5-28(30(37)33-18-21(2)3)34(19-23-11-13-25(32)14-12-23)29(36)20-35(26-8-6-7-24(31)17-26)40(38,39)27-15-9-22(4)10-16-27/h6-17,21,28H,5,18-20H2,1-4H3,(H,33,37). The van der Waals surface area contributed by atoms with Crippen LogP contribution in [-0.4, -0.2) is 44.3 Å². The number of rotatable bonds is 12. The number of benzene rings is 3. The molecule has 0 fully saturated rings. The van der Waals surface area contributed by atoms with E-state index in [1.54, 1.807) is 60.7 Å². The molecule has 7 nitrogen and oxygen atoms in total. The quantitative estimate of drug-likeness (QED) is 0.254. The summed E-state index contributed by atoms with van der Waals surface area (Å²) < 4.78 is 29.6. The van der Waals surface area contributed by atoms with E-state index in [4.69, 9.17) is 11.6 Å². The molecule has 3 rings (SSSR count). The van der Waals surface area contributed by atoms with Gasteiger partial charge in [0.2, 0.25) is 11.8 Å². The van der Waals surface area contributed by atoms with Crippen LogP contribution in [0.1, 0.15) is 38.3 Å². The molecule has 0 aliphatic carbocycles. The van der Waals surface area contributed by atoms with Crippen molar-refractivity contribution in [1.82, 2.24) is 10.2 Å². The summed E-state index contributed by atoms with van der Waals surface area (Å²) in [7, 11) is -4.12. The van der Waals surface area contributed by atoms with Crippen molar-refractivity contribution < 1.29 is 18.0 Å². The van der Waals surface area contributed by atoms with Crippen LogP contribution in [0.25, 0.3) is 0 Å². The fourth-order valence-corrected chi connectivity index (χ4v) is 6.05. The zero-order valence-corrected chi connectivity index (χ0v) is 26.3. The number of amides is 2. The van der Waals surface area contributed by atoms with Crippen molar-refractivity contribution in [3.05, 3.63) is 93.4 Å². The smallest absolute Gasteiger partial charge is 0.264 e. The van der Waals surface area contributed by atoms with Gasteiger partial charge in [-0.05, 0) is 67.3 Å². The predicted octanol–water partition coefficient (Wildman–Crippen LogP) is 6.19. The highest BCUT2D eigenvalue weighted by Gasteiger charge is 2.33. The summed E-state index contributed by atoms with van der Waals surface area (Å²) in [5, 5.41) is 3.47. The summed E-state index contributed by atoms with van der Waals surface area (Å²) in [5.74, 6) is -0.556. The number of anilines is 1. The van der Waals surface area contributed by atoms with Gasteiger partial charge in [0, 0.05) is 22.6 Å². The molecule has 40 heavy (non-hydrogen) atoms. The van der Waals surface area contributed by atoms with Gasteiger partial charge in [-0.25, -0.2) is 8.42 Å². The molecule has 3 aromatic carbocycles. The van der Waals surface area contributed by atoms with E-state index in [9.17, 15) is 18.0 Å². The third kappa shape index (κ3) is 8.32. The van der Waals surface area contributed by atoms with E-state index in [0.29, 0.717) is 28.1 Å². The number of carbonyl (C=O) groups is 2. The van der Waals surface area contributed by atoms with E-state index in [-0.39, 0.29) is 23.3 Å². The Morgan fingerprint density at radius 1 is 1.00 bits per heavy atom. The van der Waals surface area contributed by atoms with Crippen LogP contribution in [0, 0.1) is 12.8 Å². The maximum absolute atomic E-state index is 14.1. The van der Waals surface area contributed by atoms with Gasteiger partial charge >= 0.3 is 0 Å². The van der Waals surface area contributed by atoms with Crippen LogP contribution in [0.2, 0.25) is 5.02 Å². The second-order valence-corrected chi connectivity index (χ2v) is 13.2. The van der Waals surface area contributed by atoms with Crippen molar-refractivity contribution in [2.24, 2.45) is 5.92 Å². The molecule has 0 saturated heterocycles. The normalized spacial score (nSPS) is 12.2. The van der Waals surface area contributed by atoms with Gasteiger partial charge in [0.1, 0.15) is 12.6 Å². The first-order chi connectivity index (χ1) is 18.9. The van der Waals surface area contributed by atoms with Crippen molar-refractivity contribution in [1.29, 1.82) is 0 Å². The number of hydrogen-bond donors (Lipinski definition) is 1. The van der Waals surface area contributed by atoms with Crippen LogP contribution in [0.4, 0.5) is 5.69 Å². The SMILES string of the molecule is CCC(C(=O)NCC(C)C)N(Cc1ccc(Cl)cc1)C(=O)CN(c1cccc(Br)c1)S(=O)(=O)c1ccc(C)cc1. The van der Waals surface area contributed by atoms with Gasteiger partial charge in [-0.15, -0.1) is 0 Å². The average molecular weight is 649 g/mol. The largest absolute Gasteiger partial charge is 0.354 e. The molecule has 0 aliphatic heterocycles. The molecular formula is C30H35BrClN3O4S. The minimum absolute atomic E-state index is 0.0665. The molecule has 0 bridgehead atoms. The topological polar surface area (TPSA) is 86.8 Å². The Balaban J connectivity index is 2.04. The molecule has 214 valence electrons. The van der Waals surface area contributed by atoms with Crippen molar-refractivity contribution in [2.45, 2.75) is 51.6 Å². The second-order valence-electron chi connectivity index (χ2n) is 10.0. The molecule has 1 N–H and O–H groups in total. The van der Waals surface area contributed by atoms with Gasteiger partial charge in [-0.3, -0.25) is 13.9 Å². The Labute approximate surface area is 250 Å². The van der Waals surface area contributed by atoms with Crippen LogP contribution in [0.3, 0.4) is 0 Å². The van der Waals surface area contributed by atoms with Gasteiger partial charge in [0.05, 0.1) is 10.6 Å². The number of halogens is 2. The fourth-order valence-electron chi connectivity index (χ4n) is 4.13. The monoisotopic (exact) mass is 647 g/mol. The molecule has 1 unspecified atom stereocenters. The maximum atomic E-state index is 14.1. The number of aryl methyl sites for hydroxylation is 1. The number of carbonyl (C=O) groups excluding carboxylic acids is 2. The van der Waals surface area contributed by atoms with E-state index >= 15 is 0 Å². The highest BCUT2D eigenvalue weighted by atomic mass is 79.9. The predicted molar refractivity (Wildman–Crippen MR) is 164 cm³/mol. The van der Waals surface area contributed by atoms with Gasteiger partial charge in [-0.2, -0.15) is 0 Å². The van der Waals surface area contributed by atoms with Crippen LogP contribution in [0.5, 0.6) is 0 Å². The molecule has 3 aromatic rings. The average Bonchev–Trinajstić information content (AvgIpc) is 2.91. The first kappa shape index (κ1) is 31.6. The molecule has 1 atom stereocenters. The van der Waals surface area contributed by atoms with Crippen molar-refractivity contribution >= 4 is 55.1 Å². The van der Waals surface area contributed by atoms with Gasteiger partial charge in [0.15, 0.2) is 0 Å². The number of sulfonamides is 1. The second kappa shape index (κ2) is 14.1. The lowest BCUT2D eigenvalue weighted by molar-refractivity contribution is -0.140. The van der Waals surface area contributed by atoms with E-state index < -0.39 is 28.5 Å². The Morgan fingerprint density at radius 2 is 1.65 bits per heavy atom. The maximum Gasteiger partial charge on any atom is 0.264 e. The third-order valence-electron chi connectivity index (χ3n) is 6.32. The summed E-state index contributed by atoms with van der Waals surface area (Å²) in [5.41, 5.74) is 2.01. The first-order valence-corrected chi connectivity index (χ1v) is 15.7. The Morgan fingerprint density at radius 3 is 2.23 bits per heavy atom. The van der Waals surface area contributed by atoms with E-state index in [1.165, 1.54) is 17.0 Å². The van der Waals surface area contributed by atoms with Crippen molar-refractivity contribution in [3.63, 3.8) is 0 Å². The minimum Gasteiger partial charge on any atom is -0.354 e. The summed E-state index contributed by atoms with van der Waals surface area (Å²) in [6, 6.07) is 19.5. The van der Waals surface area contributed by atoms with E-state index in [1.807, 2.05) is 27.7 Å². The van der Waals surface area contributed by atoms with Crippen molar-refractivity contribution in [2.75, 3.05) is 17.4 Å². The summed E-state index contributed by atoms with van der Waals surface area (Å²) in [4.78, 5) is 28.8. The molecule has 0 aliphatic rings. The molecule has 0 saturated carbocycles. The zero-order chi connectivity index (χ0) is 29.4. The highest BCUT2D eigenvalue weighted by Crippen LogP contribution is 2.27. The Kier molecular flexibility index (Phi) is 11.2. The minimum atomic E-state index is -4.12.